The minimum atomic E-state index is -1.03. The molecule has 0 saturated heterocycles. The van der Waals surface area contributed by atoms with Gasteiger partial charge in [0.05, 0.1) is 40.0 Å². The minimum absolute atomic E-state index is 0.138. The lowest BCUT2D eigenvalue weighted by atomic mass is 9.98. The third-order valence-corrected chi connectivity index (χ3v) is 10.8. The lowest BCUT2D eigenvalue weighted by Crippen LogP contribution is -2.48. The van der Waals surface area contributed by atoms with Gasteiger partial charge in [0, 0.05) is 53.3 Å². The Bertz CT molecular complexity index is 2360. The van der Waals surface area contributed by atoms with Gasteiger partial charge < -0.3 is 14.4 Å². The first-order valence-corrected chi connectivity index (χ1v) is 17.3. The summed E-state index contributed by atoms with van der Waals surface area (Å²) in [7, 11) is 3.70. The highest BCUT2D eigenvalue weighted by Gasteiger charge is 2.39. The quantitative estimate of drug-likeness (QED) is 0.159. The van der Waals surface area contributed by atoms with Gasteiger partial charge in [0.25, 0.3) is 5.91 Å². The molecule has 0 saturated carbocycles. The average Bonchev–Trinajstić information content (AvgIpc) is 3.64. The molecule has 0 unspecified atom stereocenters. The monoisotopic (exact) mass is 712 g/mol. The molecular formula is C38H38Cl2N6O4. The average molecular weight is 714 g/mol. The van der Waals surface area contributed by atoms with Crippen LogP contribution < -0.4 is 9.64 Å². The minimum Gasteiger partial charge on any atom is -0.494 e. The number of aromatic carboxylic acids is 1. The maximum atomic E-state index is 15.0. The fourth-order valence-electron chi connectivity index (χ4n) is 7.55. The zero-order valence-electron chi connectivity index (χ0n) is 29.1. The van der Waals surface area contributed by atoms with Crippen LogP contribution >= 0.6 is 23.2 Å². The number of aryl methyl sites for hydroxylation is 6. The number of rotatable bonds is 8. The number of anilines is 1. The number of carbonyl (C=O) groups is 2. The van der Waals surface area contributed by atoms with Crippen LogP contribution in [-0.2, 0) is 27.1 Å². The normalized spacial score (nSPS) is 14.6. The Labute approximate surface area is 299 Å². The molecule has 6 aromatic rings. The van der Waals surface area contributed by atoms with Crippen LogP contribution in [0.5, 0.6) is 5.75 Å². The van der Waals surface area contributed by atoms with Gasteiger partial charge in [-0.3, -0.25) is 19.1 Å². The Kier molecular flexibility index (Phi) is 8.43. The Balaban J connectivity index is 1.37. The zero-order chi connectivity index (χ0) is 35.8. The van der Waals surface area contributed by atoms with E-state index in [9.17, 15) is 14.7 Å². The number of nitrogens with zero attached hydrogens (tertiary/aromatic N) is 6. The second-order valence-corrected chi connectivity index (χ2v) is 14.0. The number of carboxylic acids is 1. The number of amides is 1. The van der Waals surface area contributed by atoms with Crippen molar-refractivity contribution in [1.82, 2.24) is 24.1 Å². The zero-order valence-corrected chi connectivity index (χ0v) is 30.6. The molecule has 1 aliphatic heterocycles. The van der Waals surface area contributed by atoms with Crippen molar-refractivity contribution in [3.05, 3.63) is 91.8 Å². The number of hydrogen-bond donors (Lipinski definition) is 1. The van der Waals surface area contributed by atoms with E-state index in [2.05, 4.69) is 9.67 Å². The summed E-state index contributed by atoms with van der Waals surface area (Å²) in [4.78, 5) is 28.5. The molecule has 7 rings (SSSR count). The number of benzene rings is 3. The van der Waals surface area contributed by atoms with E-state index in [1.54, 1.807) is 34.8 Å². The highest BCUT2D eigenvalue weighted by atomic mass is 35.5. The second kappa shape index (κ2) is 12.5. The molecule has 1 N–H and O–H groups in total. The molecule has 0 fully saturated rings. The predicted molar refractivity (Wildman–Crippen MR) is 197 cm³/mol. The third-order valence-electron chi connectivity index (χ3n) is 9.87. The number of fused-ring (bicyclic) bond motifs is 4. The molecule has 12 heteroatoms. The number of aromatic nitrogens is 5. The smallest absolute Gasteiger partial charge is 0.335 e. The van der Waals surface area contributed by atoms with Crippen LogP contribution in [0.2, 0.25) is 10.0 Å². The Hall–Kier alpha value is -4.80. The first kappa shape index (κ1) is 33.7. The van der Waals surface area contributed by atoms with Crippen LogP contribution in [0.25, 0.3) is 32.9 Å². The van der Waals surface area contributed by atoms with Gasteiger partial charge in [0.15, 0.2) is 0 Å². The van der Waals surface area contributed by atoms with Gasteiger partial charge in [-0.25, -0.2) is 4.79 Å². The van der Waals surface area contributed by atoms with E-state index < -0.39 is 5.97 Å². The Morgan fingerprint density at radius 2 is 1.66 bits per heavy atom. The van der Waals surface area contributed by atoms with E-state index in [-0.39, 0.29) is 17.5 Å². The largest absolute Gasteiger partial charge is 0.494 e. The molecule has 0 aliphatic carbocycles. The topological polar surface area (TPSA) is 107 Å². The van der Waals surface area contributed by atoms with Crippen LogP contribution in [0.4, 0.5) is 5.82 Å². The SMILES string of the molecule is Cc1cc(OCCCc2c3n(c4c(-c5c(C)nn(C)c5C)c(Cl)ccc24)C[C@@H](C)N(c2c4ccc(C(=O)O)cc4nn2C)C3=O)cc(C)c1Cl. The van der Waals surface area contributed by atoms with E-state index >= 15 is 0 Å². The first-order valence-electron chi connectivity index (χ1n) is 16.6. The van der Waals surface area contributed by atoms with Gasteiger partial charge in [-0.05, 0) is 101 Å². The van der Waals surface area contributed by atoms with Crippen molar-refractivity contribution in [1.29, 1.82) is 0 Å². The number of carbonyl (C=O) groups excluding carboxylic acids is 1. The lowest BCUT2D eigenvalue weighted by Gasteiger charge is -2.35. The van der Waals surface area contributed by atoms with Crippen molar-refractivity contribution in [3.63, 3.8) is 0 Å². The fourth-order valence-corrected chi connectivity index (χ4v) is 7.90. The summed E-state index contributed by atoms with van der Waals surface area (Å²) in [6.07, 6.45) is 1.24. The van der Waals surface area contributed by atoms with Gasteiger partial charge in [-0.1, -0.05) is 29.3 Å². The molecule has 3 aromatic carbocycles. The number of ether oxygens (including phenoxy) is 1. The molecule has 0 spiro atoms. The fraction of sp³-hybridized carbons (Fsp3) is 0.316. The van der Waals surface area contributed by atoms with E-state index in [1.165, 1.54) is 0 Å². The maximum absolute atomic E-state index is 15.0. The van der Waals surface area contributed by atoms with Crippen molar-refractivity contribution in [2.24, 2.45) is 14.1 Å². The van der Waals surface area contributed by atoms with Crippen LogP contribution in [0, 0.1) is 27.7 Å². The summed E-state index contributed by atoms with van der Waals surface area (Å²) in [5.74, 6) is 0.184. The maximum Gasteiger partial charge on any atom is 0.335 e. The molecule has 1 aliphatic rings. The van der Waals surface area contributed by atoms with Gasteiger partial charge >= 0.3 is 5.97 Å². The van der Waals surface area contributed by atoms with Crippen LogP contribution in [0.3, 0.4) is 0 Å². The van der Waals surface area contributed by atoms with Crippen molar-refractivity contribution in [2.75, 3.05) is 11.5 Å². The van der Waals surface area contributed by atoms with Crippen molar-refractivity contribution < 1.29 is 19.4 Å². The van der Waals surface area contributed by atoms with E-state index in [0.29, 0.717) is 53.4 Å². The molecular weight excluding hydrogens is 675 g/mol. The summed E-state index contributed by atoms with van der Waals surface area (Å²) in [6.45, 7) is 10.9. The van der Waals surface area contributed by atoms with Crippen LogP contribution in [0.15, 0.2) is 42.5 Å². The summed E-state index contributed by atoms with van der Waals surface area (Å²) < 4.78 is 11.8. The standard InChI is InChI=1S/C38H38Cl2N6O4/c1-19-15-25(16-20(2)33(19)40)50-14-8-9-26-27-12-13-29(39)32(31-22(4)41-43(6)23(31)5)34(27)45-18-21(3)46(37(47)35(26)45)36-28-11-10-24(38(48)49)17-30(28)42-44(36)7/h10-13,15-17,21H,8-9,14,18H2,1-7H3,(H,48,49)/t21-/m1/s1. The number of carboxylic acid groups (broad SMARTS) is 1. The summed E-state index contributed by atoms with van der Waals surface area (Å²) in [5.41, 5.74) is 8.66. The Morgan fingerprint density at radius 3 is 2.32 bits per heavy atom. The Morgan fingerprint density at radius 1 is 0.960 bits per heavy atom. The van der Waals surface area contributed by atoms with Crippen molar-refractivity contribution >= 4 is 62.7 Å². The summed E-state index contributed by atoms with van der Waals surface area (Å²) in [6, 6.07) is 12.4. The van der Waals surface area contributed by atoms with Gasteiger partial charge in [0.2, 0.25) is 0 Å². The number of halogens is 2. The highest BCUT2D eigenvalue weighted by molar-refractivity contribution is 6.35. The molecule has 1 atom stereocenters. The van der Waals surface area contributed by atoms with Crippen molar-refractivity contribution in [3.8, 4) is 16.9 Å². The molecule has 0 radical (unpaired) electrons. The summed E-state index contributed by atoms with van der Waals surface area (Å²) >= 11 is 13.4. The van der Waals surface area contributed by atoms with E-state index in [1.807, 2.05) is 70.6 Å². The van der Waals surface area contributed by atoms with Gasteiger partial charge in [-0.2, -0.15) is 10.2 Å². The molecule has 3 aromatic heterocycles. The second-order valence-electron chi connectivity index (χ2n) is 13.3. The van der Waals surface area contributed by atoms with Gasteiger partial charge in [-0.15, -0.1) is 0 Å². The third kappa shape index (κ3) is 5.32. The molecule has 258 valence electrons. The molecule has 4 heterocycles. The van der Waals surface area contributed by atoms with E-state index in [4.69, 9.17) is 33.0 Å². The lowest BCUT2D eigenvalue weighted by molar-refractivity contribution is 0.0696. The molecule has 0 bridgehead atoms. The first-order chi connectivity index (χ1) is 23.8. The van der Waals surface area contributed by atoms with Crippen LogP contribution in [-0.4, -0.2) is 53.8 Å². The molecule has 1 amide bonds. The highest BCUT2D eigenvalue weighted by Crippen LogP contribution is 2.44. The van der Waals surface area contributed by atoms with Crippen LogP contribution in [0.1, 0.15) is 62.3 Å². The van der Waals surface area contributed by atoms with Gasteiger partial charge in [0.1, 0.15) is 17.3 Å². The number of hydrogen-bond acceptors (Lipinski definition) is 5. The molecule has 50 heavy (non-hydrogen) atoms. The van der Waals surface area contributed by atoms with Crippen molar-refractivity contribution in [2.45, 2.75) is 60.0 Å². The predicted octanol–water partition coefficient (Wildman–Crippen LogP) is 8.23. The molecule has 10 nitrogen and oxygen atoms in total. The van der Waals surface area contributed by atoms with E-state index in [0.717, 1.165) is 60.9 Å². The summed E-state index contributed by atoms with van der Waals surface area (Å²) in [5, 5.41) is 21.9.